The first-order chi connectivity index (χ1) is 7.06. The Morgan fingerprint density at radius 3 is 2.87 bits per heavy atom. The van der Waals surface area contributed by atoms with E-state index in [-0.39, 0.29) is 11.9 Å². The molecule has 1 amide bonds. The van der Waals surface area contributed by atoms with Crippen molar-refractivity contribution in [2.75, 3.05) is 12.3 Å². The molecule has 0 bridgehead atoms. The van der Waals surface area contributed by atoms with E-state index in [0.717, 1.165) is 0 Å². The van der Waals surface area contributed by atoms with Crippen LogP contribution in [0.1, 0.15) is 24.3 Å². The van der Waals surface area contributed by atoms with E-state index in [2.05, 4.69) is 16.8 Å². The van der Waals surface area contributed by atoms with Crippen molar-refractivity contribution in [2.45, 2.75) is 19.9 Å². The van der Waals surface area contributed by atoms with Crippen molar-refractivity contribution in [3.8, 4) is 0 Å². The molecule has 0 aliphatic rings. The number of rotatable bonds is 4. The molecule has 0 saturated heterocycles. The monoisotopic (exact) mass is 208 g/mol. The summed E-state index contributed by atoms with van der Waals surface area (Å²) in [5, 5.41) is 6.32. The minimum Gasteiger partial charge on any atom is -0.382 e. The van der Waals surface area contributed by atoms with E-state index in [1.807, 2.05) is 13.8 Å². The third kappa shape index (κ3) is 2.59. The molecule has 1 aromatic heterocycles. The topological polar surface area (TPSA) is 75.0 Å². The second kappa shape index (κ2) is 4.63. The van der Waals surface area contributed by atoms with E-state index in [0.29, 0.717) is 18.1 Å². The molecule has 5 heteroatoms. The zero-order valence-electron chi connectivity index (χ0n) is 9.03. The van der Waals surface area contributed by atoms with Gasteiger partial charge in [0.2, 0.25) is 0 Å². The van der Waals surface area contributed by atoms with Crippen molar-refractivity contribution < 1.29 is 4.79 Å². The molecule has 0 saturated carbocycles. The zero-order chi connectivity index (χ0) is 11.4. The van der Waals surface area contributed by atoms with Gasteiger partial charge < -0.3 is 10.6 Å². The van der Waals surface area contributed by atoms with Gasteiger partial charge in [0.05, 0.1) is 0 Å². The summed E-state index contributed by atoms with van der Waals surface area (Å²) < 4.78 is 0. The molecule has 0 spiro atoms. The van der Waals surface area contributed by atoms with Crippen LogP contribution in [-0.4, -0.2) is 33.6 Å². The van der Waals surface area contributed by atoms with E-state index in [4.69, 9.17) is 5.73 Å². The lowest BCUT2D eigenvalue weighted by Gasteiger charge is -2.24. The number of hydrogen-bond acceptors (Lipinski definition) is 3. The Kier molecular flexibility index (Phi) is 3.49. The summed E-state index contributed by atoms with van der Waals surface area (Å²) >= 11 is 0. The number of carbonyl (C=O) groups excluding carboxylic acids is 1. The van der Waals surface area contributed by atoms with Crippen LogP contribution in [0.5, 0.6) is 0 Å². The van der Waals surface area contributed by atoms with Crippen molar-refractivity contribution in [3.63, 3.8) is 0 Å². The number of nitrogens with one attached hydrogen (secondary N) is 1. The molecule has 0 radical (unpaired) electrons. The van der Waals surface area contributed by atoms with Crippen LogP contribution in [0.4, 0.5) is 5.82 Å². The van der Waals surface area contributed by atoms with Crippen LogP contribution >= 0.6 is 0 Å². The number of hydrogen-bond donors (Lipinski definition) is 2. The van der Waals surface area contributed by atoms with E-state index in [1.165, 1.54) is 6.07 Å². The number of carbonyl (C=O) groups is 1. The summed E-state index contributed by atoms with van der Waals surface area (Å²) in [5.41, 5.74) is 5.84. The molecular formula is C10H16N4O. The summed E-state index contributed by atoms with van der Waals surface area (Å²) in [7, 11) is 0. The molecule has 1 rings (SSSR count). The van der Waals surface area contributed by atoms with Gasteiger partial charge in [-0.25, -0.2) is 0 Å². The summed E-state index contributed by atoms with van der Waals surface area (Å²) in [6, 6.07) is 1.64. The maximum absolute atomic E-state index is 11.9. The number of nitrogens with two attached hydrogens (primary N) is 1. The zero-order valence-corrected chi connectivity index (χ0v) is 9.03. The maximum atomic E-state index is 11.9. The number of anilines is 1. The first kappa shape index (κ1) is 11.3. The Morgan fingerprint density at radius 1 is 1.80 bits per heavy atom. The number of nitrogens with zero attached hydrogens (tertiary/aromatic N) is 2. The maximum Gasteiger partial charge on any atom is 0.272 e. The minimum atomic E-state index is -0.117. The quantitative estimate of drug-likeness (QED) is 0.725. The molecule has 0 aliphatic carbocycles. The Balaban J connectivity index is 2.85. The normalized spacial score (nSPS) is 10.3. The van der Waals surface area contributed by atoms with Crippen LogP contribution in [0.3, 0.4) is 0 Å². The van der Waals surface area contributed by atoms with Crippen molar-refractivity contribution in [1.82, 2.24) is 15.1 Å². The van der Waals surface area contributed by atoms with Crippen molar-refractivity contribution >= 4 is 11.7 Å². The Morgan fingerprint density at radius 2 is 2.47 bits per heavy atom. The van der Waals surface area contributed by atoms with Gasteiger partial charge >= 0.3 is 0 Å². The van der Waals surface area contributed by atoms with E-state index >= 15 is 0 Å². The van der Waals surface area contributed by atoms with Gasteiger partial charge in [-0.05, 0) is 13.8 Å². The number of aromatic amines is 1. The lowest BCUT2D eigenvalue weighted by atomic mass is 10.2. The third-order valence-corrected chi connectivity index (χ3v) is 2.04. The van der Waals surface area contributed by atoms with E-state index in [9.17, 15) is 4.79 Å². The second-order valence-corrected chi connectivity index (χ2v) is 3.55. The highest BCUT2D eigenvalue weighted by molar-refractivity contribution is 5.93. The highest BCUT2D eigenvalue weighted by Gasteiger charge is 2.18. The fraction of sp³-hybridized carbons (Fsp3) is 0.400. The van der Waals surface area contributed by atoms with Crippen LogP contribution in [0.25, 0.3) is 0 Å². The highest BCUT2D eigenvalue weighted by atomic mass is 16.2. The Labute approximate surface area is 89.0 Å². The van der Waals surface area contributed by atoms with Gasteiger partial charge in [-0.15, -0.1) is 6.58 Å². The Bertz CT molecular complexity index is 356. The molecule has 1 heterocycles. The van der Waals surface area contributed by atoms with Crippen molar-refractivity contribution in [3.05, 3.63) is 24.4 Å². The molecule has 82 valence electrons. The summed E-state index contributed by atoms with van der Waals surface area (Å²) in [6.07, 6.45) is 1.69. The van der Waals surface area contributed by atoms with Crippen LogP contribution in [-0.2, 0) is 0 Å². The predicted octanol–water partition coefficient (Wildman–Crippen LogP) is 1.03. The molecule has 5 nitrogen and oxygen atoms in total. The summed E-state index contributed by atoms with van der Waals surface area (Å²) in [6.45, 7) is 8.02. The van der Waals surface area contributed by atoms with Gasteiger partial charge in [0.1, 0.15) is 11.5 Å². The van der Waals surface area contributed by atoms with Crippen LogP contribution in [0.15, 0.2) is 18.7 Å². The summed E-state index contributed by atoms with van der Waals surface area (Å²) in [5.74, 6) is 0.203. The van der Waals surface area contributed by atoms with E-state index in [1.54, 1.807) is 11.0 Å². The summed E-state index contributed by atoms with van der Waals surface area (Å²) in [4.78, 5) is 13.6. The predicted molar refractivity (Wildman–Crippen MR) is 59.4 cm³/mol. The average Bonchev–Trinajstić information content (AvgIpc) is 2.59. The van der Waals surface area contributed by atoms with Gasteiger partial charge in [0, 0.05) is 18.7 Å². The molecule has 0 aliphatic heterocycles. The molecular weight excluding hydrogens is 192 g/mol. The standard InChI is InChI=1S/C10H16N4O/c1-4-5-14(7(2)3)10(15)8-6-9(11)13-12-8/h4,6-7H,1,5H2,2-3H3,(H3,11,12,13). The van der Waals surface area contributed by atoms with Gasteiger partial charge in [-0.1, -0.05) is 6.08 Å². The Hall–Kier alpha value is -1.78. The second-order valence-electron chi connectivity index (χ2n) is 3.55. The van der Waals surface area contributed by atoms with Crippen LogP contribution in [0.2, 0.25) is 0 Å². The fourth-order valence-corrected chi connectivity index (χ4v) is 1.27. The first-order valence-corrected chi connectivity index (χ1v) is 4.79. The first-order valence-electron chi connectivity index (χ1n) is 4.79. The van der Waals surface area contributed by atoms with Gasteiger partial charge in [0.25, 0.3) is 5.91 Å². The molecule has 0 fully saturated rings. The van der Waals surface area contributed by atoms with Crippen LogP contribution < -0.4 is 5.73 Å². The molecule has 15 heavy (non-hydrogen) atoms. The number of nitrogen functional groups attached to an aromatic ring is 1. The average molecular weight is 208 g/mol. The minimum absolute atomic E-state index is 0.111. The van der Waals surface area contributed by atoms with Crippen molar-refractivity contribution in [2.24, 2.45) is 0 Å². The van der Waals surface area contributed by atoms with Crippen molar-refractivity contribution in [1.29, 1.82) is 0 Å². The lowest BCUT2D eigenvalue weighted by Crippen LogP contribution is -2.37. The fourth-order valence-electron chi connectivity index (χ4n) is 1.27. The molecule has 0 unspecified atom stereocenters. The van der Waals surface area contributed by atoms with Gasteiger partial charge in [0.15, 0.2) is 0 Å². The van der Waals surface area contributed by atoms with Gasteiger partial charge in [-0.2, -0.15) is 5.10 Å². The smallest absolute Gasteiger partial charge is 0.272 e. The number of amides is 1. The molecule has 1 aromatic rings. The van der Waals surface area contributed by atoms with Crippen LogP contribution in [0, 0.1) is 0 Å². The lowest BCUT2D eigenvalue weighted by molar-refractivity contribution is 0.0722. The largest absolute Gasteiger partial charge is 0.382 e. The molecule has 0 aromatic carbocycles. The van der Waals surface area contributed by atoms with E-state index < -0.39 is 0 Å². The number of aromatic nitrogens is 2. The van der Waals surface area contributed by atoms with Gasteiger partial charge in [-0.3, -0.25) is 9.89 Å². The molecule has 0 atom stereocenters. The SMILES string of the molecule is C=CCN(C(=O)c1cc(N)n[nH]1)C(C)C. The molecule has 3 N–H and O–H groups in total. The highest BCUT2D eigenvalue weighted by Crippen LogP contribution is 2.08. The number of H-pyrrole nitrogens is 1. The third-order valence-electron chi connectivity index (χ3n) is 2.04.